The third-order valence-corrected chi connectivity index (χ3v) is 2.37. The van der Waals surface area contributed by atoms with Gasteiger partial charge in [0.25, 0.3) is 5.91 Å². The Balaban J connectivity index is 2.21. The highest BCUT2D eigenvalue weighted by molar-refractivity contribution is 5.97. The summed E-state index contributed by atoms with van der Waals surface area (Å²) in [7, 11) is 0. The largest absolute Gasteiger partial charge is 0.395 e. The van der Waals surface area contributed by atoms with Crippen molar-refractivity contribution in [3.63, 3.8) is 0 Å². The van der Waals surface area contributed by atoms with Crippen molar-refractivity contribution in [1.29, 1.82) is 0 Å². The molecule has 76 valence electrons. The number of carbonyl (C=O) groups is 1. The number of nitrogens with one attached hydrogen (secondary N) is 2. The number of aromatic amines is 1. The Bertz CT molecular complexity index is 354. The molecule has 0 radical (unpaired) electrons. The second-order valence-electron chi connectivity index (χ2n) is 3.53. The first-order chi connectivity index (χ1) is 6.74. The maximum atomic E-state index is 11.4. The second-order valence-corrected chi connectivity index (χ2v) is 3.53. The molecule has 1 aromatic heterocycles. The molecule has 2 rings (SSSR count). The van der Waals surface area contributed by atoms with Crippen LogP contribution in [0, 0.1) is 0 Å². The van der Waals surface area contributed by atoms with Crippen molar-refractivity contribution in [1.82, 2.24) is 15.5 Å². The van der Waals surface area contributed by atoms with E-state index in [1.807, 2.05) is 6.92 Å². The molecule has 0 unspecified atom stereocenters. The van der Waals surface area contributed by atoms with Crippen LogP contribution in [0.15, 0.2) is 0 Å². The van der Waals surface area contributed by atoms with Crippen LogP contribution in [0.2, 0.25) is 0 Å². The van der Waals surface area contributed by atoms with Crippen molar-refractivity contribution >= 4 is 11.6 Å². The normalized spacial score (nSPS) is 15.5. The lowest BCUT2D eigenvalue weighted by atomic mass is 10.2. The van der Waals surface area contributed by atoms with Crippen LogP contribution in [0.5, 0.6) is 0 Å². The Labute approximate surface area is 82.1 Å². The summed E-state index contributed by atoms with van der Waals surface area (Å²) in [5, 5.41) is 9.45. The third kappa shape index (κ3) is 1.45. The molecule has 1 amide bonds. The first-order valence-corrected chi connectivity index (χ1v) is 4.86. The molecular weight excluding hydrogens is 180 g/mol. The zero-order valence-corrected chi connectivity index (χ0v) is 8.13. The number of rotatable bonds is 3. The lowest BCUT2D eigenvalue weighted by Gasteiger charge is -1.99. The number of anilines is 1. The molecule has 14 heavy (non-hydrogen) atoms. The summed E-state index contributed by atoms with van der Waals surface area (Å²) in [5.41, 5.74) is 7.58. The van der Waals surface area contributed by atoms with Crippen LogP contribution in [0.1, 0.15) is 41.9 Å². The van der Waals surface area contributed by atoms with Crippen LogP contribution < -0.4 is 11.1 Å². The predicted octanol–water partition coefficient (Wildman–Crippen LogP) is 0.619. The van der Waals surface area contributed by atoms with Crippen molar-refractivity contribution in [2.75, 3.05) is 12.3 Å². The molecule has 0 saturated heterocycles. The number of nitrogen functional groups attached to an aromatic ring is 1. The van der Waals surface area contributed by atoms with Crippen LogP contribution in [-0.4, -0.2) is 22.6 Å². The molecule has 0 spiro atoms. The number of hydrogen-bond acceptors (Lipinski definition) is 3. The first kappa shape index (κ1) is 9.05. The van der Waals surface area contributed by atoms with Crippen LogP contribution in [0.4, 0.5) is 5.69 Å². The average molecular weight is 194 g/mol. The first-order valence-electron chi connectivity index (χ1n) is 4.86. The van der Waals surface area contributed by atoms with E-state index in [9.17, 15) is 4.79 Å². The lowest BCUT2D eigenvalue weighted by Crippen LogP contribution is -2.23. The number of hydrogen-bond donors (Lipinski definition) is 3. The number of nitrogens with zero attached hydrogens (tertiary/aromatic N) is 1. The molecule has 1 saturated carbocycles. The quantitative estimate of drug-likeness (QED) is 0.659. The molecular formula is C9H14N4O. The van der Waals surface area contributed by atoms with Gasteiger partial charge in [-0.05, 0) is 19.8 Å². The topological polar surface area (TPSA) is 83.8 Å². The highest BCUT2D eigenvalue weighted by Crippen LogP contribution is 2.42. The van der Waals surface area contributed by atoms with Gasteiger partial charge in [0.1, 0.15) is 0 Å². The molecule has 1 heterocycles. The highest BCUT2D eigenvalue weighted by Gasteiger charge is 2.30. The summed E-state index contributed by atoms with van der Waals surface area (Å²) in [6, 6.07) is 0. The molecule has 1 fully saturated rings. The molecule has 0 aromatic carbocycles. The minimum Gasteiger partial charge on any atom is -0.395 e. The van der Waals surface area contributed by atoms with Gasteiger partial charge in [0.2, 0.25) is 0 Å². The molecule has 0 aliphatic heterocycles. The van der Waals surface area contributed by atoms with Crippen molar-refractivity contribution in [2.24, 2.45) is 0 Å². The standard InChI is InChI=1S/C9H14N4O/c1-2-11-9(14)8-6(10)7(12-13-8)5-3-4-5/h5H,2-4,10H2,1H3,(H,11,14)(H,12,13). The maximum Gasteiger partial charge on any atom is 0.273 e. The molecule has 0 bridgehead atoms. The van der Waals surface area contributed by atoms with Gasteiger partial charge in [-0.1, -0.05) is 0 Å². The van der Waals surface area contributed by atoms with Crippen LogP contribution in [0.3, 0.4) is 0 Å². The fraction of sp³-hybridized carbons (Fsp3) is 0.556. The molecule has 1 aliphatic rings. The van der Waals surface area contributed by atoms with Gasteiger partial charge in [-0.2, -0.15) is 5.10 Å². The molecule has 1 aromatic rings. The highest BCUT2D eigenvalue weighted by atomic mass is 16.1. The number of nitrogens with two attached hydrogens (primary N) is 1. The van der Waals surface area contributed by atoms with Gasteiger partial charge >= 0.3 is 0 Å². The number of carbonyl (C=O) groups excluding carboxylic acids is 1. The Hall–Kier alpha value is -1.52. The van der Waals surface area contributed by atoms with Crippen molar-refractivity contribution in [2.45, 2.75) is 25.7 Å². The summed E-state index contributed by atoms with van der Waals surface area (Å²) >= 11 is 0. The van der Waals surface area contributed by atoms with Crippen molar-refractivity contribution in [3.8, 4) is 0 Å². The summed E-state index contributed by atoms with van der Waals surface area (Å²) < 4.78 is 0. The van der Waals surface area contributed by atoms with Gasteiger partial charge in [-0.15, -0.1) is 0 Å². The predicted molar refractivity (Wildman–Crippen MR) is 53.0 cm³/mol. The fourth-order valence-electron chi connectivity index (χ4n) is 1.46. The monoisotopic (exact) mass is 194 g/mol. The van der Waals surface area contributed by atoms with E-state index in [4.69, 9.17) is 5.73 Å². The zero-order chi connectivity index (χ0) is 10.1. The summed E-state index contributed by atoms with van der Waals surface area (Å²) in [5.74, 6) is 0.291. The van der Waals surface area contributed by atoms with E-state index in [1.54, 1.807) is 0 Å². The Morgan fingerprint density at radius 2 is 2.43 bits per heavy atom. The lowest BCUT2D eigenvalue weighted by molar-refractivity contribution is 0.0951. The molecule has 5 nitrogen and oxygen atoms in total. The Kier molecular flexibility index (Phi) is 2.15. The van der Waals surface area contributed by atoms with Gasteiger partial charge < -0.3 is 11.1 Å². The fourth-order valence-corrected chi connectivity index (χ4v) is 1.46. The second kappa shape index (κ2) is 3.32. The van der Waals surface area contributed by atoms with Crippen LogP contribution in [-0.2, 0) is 0 Å². The number of amides is 1. The van der Waals surface area contributed by atoms with Gasteiger partial charge in [0.15, 0.2) is 5.69 Å². The third-order valence-electron chi connectivity index (χ3n) is 2.37. The average Bonchev–Trinajstić information content (AvgIpc) is 2.91. The van der Waals surface area contributed by atoms with Gasteiger partial charge in [0, 0.05) is 12.5 Å². The van der Waals surface area contributed by atoms with Crippen LogP contribution in [0.25, 0.3) is 0 Å². The molecule has 0 atom stereocenters. The van der Waals surface area contributed by atoms with E-state index in [-0.39, 0.29) is 5.91 Å². The number of H-pyrrole nitrogens is 1. The smallest absolute Gasteiger partial charge is 0.273 e. The molecule has 4 N–H and O–H groups in total. The van der Waals surface area contributed by atoms with Crippen molar-refractivity contribution in [3.05, 3.63) is 11.4 Å². The van der Waals surface area contributed by atoms with E-state index in [1.165, 1.54) is 0 Å². The zero-order valence-electron chi connectivity index (χ0n) is 8.13. The maximum absolute atomic E-state index is 11.4. The molecule has 1 aliphatic carbocycles. The minimum absolute atomic E-state index is 0.201. The van der Waals surface area contributed by atoms with E-state index in [2.05, 4.69) is 15.5 Å². The van der Waals surface area contributed by atoms with Crippen molar-refractivity contribution < 1.29 is 4.79 Å². The molecule has 5 heteroatoms. The summed E-state index contributed by atoms with van der Waals surface area (Å²) in [4.78, 5) is 11.4. The Morgan fingerprint density at radius 1 is 1.71 bits per heavy atom. The van der Waals surface area contributed by atoms with E-state index < -0.39 is 0 Å². The van der Waals surface area contributed by atoms with Gasteiger partial charge in [-0.25, -0.2) is 0 Å². The summed E-state index contributed by atoms with van der Waals surface area (Å²) in [6.45, 7) is 2.45. The van der Waals surface area contributed by atoms with E-state index in [0.717, 1.165) is 18.5 Å². The summed E-state index contributed by atoms with van der Waals surface area (Å²) in [6.07, 6.45) is 2.28. The van der Waals surface area contributed by atoms with E-state index in [0.29, 0.717) is 23.8 Å². The Morgan fingerprint density at radius 3 is 3.00 bits per heavy atom. The van der Waals surface area contributed by atoms with Gasteiger partial charge in [0.05, 0.1) is 11.4 Å². The number of aromatic nitrogens is 2. The van der Waals surface area contributed by atoms with E-state index >= 15 is 0 Å². The SMILES string of the molecule is CCNC(=O)c1n[nH]c(C2CC2)c1N. The minimum atomic E-state index is -0.201. The van der Waals surface area contributed by atoms with Crippen LogP contribution >= 0.6 is 0 Å². The van der Waals surface area contributed by atoms with Gasteiger partial charge in [-0.3, -0.25) is 9.89 Å².